The molecule has 0 saturated carbocycles. The van der Waals surface area contributed by atoms with Gasteiger partial charge in [0.05, 0.1) is 11.1 Å². The van der Waals surface area contributed by atoms with Crippen molar-refractivity contribution in [2.24, 2.45) is 0 Å². The number of carbonyl (C=O) groups is 4. The summed E-state index contributed by atoms with van der Waals surface area (Å²) in [5.74, 6) is -1.000. The Morgan fingerprint density at radius 2 is 1.33 bits per heavy atom. The third kappa shape index (κ3) is 5.67. The van der Waals surface area contributed by atoms with Gasteiger partial charge in [-0.2, -0.15) is 0 Å². The lowest BCUT2D eigenvalue weighted by atomic mass is 10.1. The summed E-state index contributed by atoms with van der Waals surface area (Å²) in [5.41, 5.74) is 10.5. The van der Waals surface area contributed by atoms with Crippen molar-refractivity contribution in [3.63, 3.8) is 0 Å². The third-order valence-corrected chi connectivity index (χ3v) is 6.51. The van der Waals surface area contributed by atoms with Crippen molar-refractivity contribution >= 4 is 41.0 Å². The Labute approximate surface area is 225 Å². The first-order chi connectivity index (χ1) is 18.9. The van der Waals surface area contributed by atoms with Crippen LogP contribution in [0.5, 0.6) is 0 Å². The van der Waals surface area contributed by atoms with Gasteiger partial charge in [0.2, 0.25) is 0 Å². The predicted molar refractivity (Wildman–Crippen MR) is 151 cm³/mol. The minimum absolute atomic E-state index is 0.151. The quantitative estimate of drug-likeness (QED) is 0.144. The topological polar surface area (TPSA) is 110 Å². The van der Waals surface area contributed by atoms with Crippen molar-refractivity contribution < 1.29 is 19.2 Å². The van der Waals surface area contributed by atoms with Gasteiger partial charge in [-0.15, -0.1) is 0 Å². The molecule has 4 aromatic carbocycles. The van der Waals surface area contributed by atoms with Crippen LogP contribution in [-0.4, -0.2) is 34.9 Å². The number of amides is 3. The fourth-order valence-electron chi connectivity index (χ4n) is 4.30. The van der Waals surface area contributed by atoms with E-state index >= 15 is 0 Å². The van der Waals surface area contributed by atoms with Crippen molar-refractivity contribution in [1.82, 2.24) is 4.90 Å². The van der Waals surface area contributed by atoms with Gasteiger partial charge >= 0.3 is 0 Å². The first kappa shape index (κ1) is 25.4. The second kappa shape index (κ2) is 11.0. The van der Waals surface area contributed by atoms with E-state index in [0.29, 0.717) is 40.0 Å². The molecule has 0 saturated heterocycles. The van der Waals surface area contributed by atoms with Gasteiger partial charge in [-0.3, -0.25) is 24.1 Å². The van der Waals surface area contributed by atoms with Crippen LogP contribution >= 0.6 is 0 Å². The lowest BCUT2D eigenvalue weighted by Crippen LogP contribution is -2.31. The van der Waals surface area contributed by atoms with Crippen molar-refractivity contribution in [2.75, 3.05) is 17.6 Å². The summed E-state index contributed by atoms with van der Waals surface area (Å²) in [6.07, 6.45) is 3.70. The number of benzene rings is 4. The highest BCUT2D eigenvalue weighted by Crippen LogP contribution is 2.23. The second-order valence-electron chi connectivity index (χ2n) is 9.15. The minimum Gasteiger partial charge on any atom is -0.399 e. The number of fused-ring (bicyclic) bond motifs is 1. The molecule has 39 heavy (non-hydrogen) atoms. The molecular formula is C32H25N3O4. The normalized spacial score (nSPS) is 12.6. The lowest BCUT2D eigenvalue weighted by molar-refractivity contribution is 0.0655. The number of rotatable bonds is 8. The summed E-state index contributed by atoms with van der Waals surface area (Å²) < 4.78 is 0. The number of ketones is 1. The molecule has 0 atom stereocenters. The van der Waals surface area contributed by atoms with Crippen LogP contribution in [0, 0.1) is 0 Å². The minimum atomic E-state index is -0.288. The highest BCUT2D eigenvalue weighted by atomic mass is 16.2. The van der Waals surface area contributed by atoms with Crippen LogP contribution in [0.15, 0.2) is 103 Å². The number of hydrogen-bond donors (Lipinski definition) is 2. The number of nitrogens with zero attached hydrogens (tertiary/aromatic N) is 1. The van der Waals surface area contributed by atoms with E-state index in [4.69, 9.17) is 5.73 Å². The van der Waals surface area contributed by atoms with E-state index in [1.165, 1.54) is 11.0 Å². The average Bonchev–Trinajstić information content (AvgIpc) is 3.21. The van der Waals surface area contributed by atoms with Crippen LogP contribution in [0.25, 0.3) is 6.08 Å². The second-order valence-corrected chi connectivity index (χ2v) is 9.15. The molecule has 3 N–H and O–H groups in total. The van der Waals surface area contributed by atoms with Crippen LogP contribution in [0.2, 0.25) is 0 Å². The number of nitrogen functional groups attached to an aromatic ring is 1. The summed E-state index contributed by atoms with van der Waals surface area (Å²) in [6, 6.07) is 27.7. The van der Waals surface area contributed by atoms with Gasteiger partial charge in [0, 0.05) is 29.0 Å². The maximum atomic E-state index is 12.7. The largest absolute Gasteiger partial charge is 0.399 e. The van der Waals surface area contributed by atoms with E-state index in [9.17, 15) is 19.2 Å². The summed E-state index contributed by atoms with van der Waals surface area (Å²) in [4.78, 5) is 51.5. The number of anilines is 2. The molecule has 0 radical (unpaired) electrons. The summed E-state index contributed by atoms with van der Waals surface area (Å²) in [5, 5.41) is 2.83. The first-order valence-corrected chi connectivity index (χ1v) is 12.4. The van der Waals surface area contributed by atoms with Gasteiger partial charge < -0.3 is 11.1 Å². The van der Waals surface area contributed by atoms with Crippen molar-refractivity contribution in [1.29, 1.82) is 0 Å². The smallest absolute Gasteiger partial charge is 0.261 e. The van der Waals surface area contributed by atoms with Crippen molar-refractivity contribution in [2.45, 2.75) is 6.42 Å². The summed E-state index contributed by atoms with van der Waals surface area (Å²) >= 11 is 0. The van der Waals surface area contributed by atoms with Crippen LogP contribution in [0.4, 0.5) is 11.4 Å². The zero-order valence-corrected chi connectivity index (χ0v) is 21.0. The van der Waals surface area contributed by atoms with Gasteiger partial charge in [0.1, 0.15) is 0 Å². The molecule has 1 heterocycles. The molecule has 5 rings (SSSR count). The Morgan fingerprint density at radius 3 is 1.95 bits per heavy atom. The Bertz CT molecular complexity index is 1550. The molecule has 192 valence electrons. The molecule has 0 aliphatic carbocycles. The van der Waals surface area contributed by atoms with Gasteiger partial charge in [-0.05, 0) is 84.3 Å². The molecule has 4 aromatic rings. The van der Waals surface area contributed by atoms with Crippen molar-refractivity contribution in [3.05, 3.63) is 137 Å². The molecule has 1 aliphatic heterocycles. The Kier molecular flexibility index (Phi) is 7.14. The van der Waals surface area contributed by atoms with Crippen molar-refractivity contribution in [3.8, 4) is 0 Å². The van der Waals surface area contributed by atoms with E-state index in [1.807, 2.05) is 24.3 Å². The van der Waals surface area contributed by atoms with E-state index in [2.05, 4.69) is 5.32 Å². The molecule has 0 bridgehead atoms. The molecule has 0 aromatic heterocycles. The Hall–Kier alpha value is -5.30. The van der Waals surface area contributed by atoms with E-state index in [0.717, 1.165) is 11.1 Å². The molecule has 0 spiro atoms. The number of hydrogen-bond acceptors (Lipinski definition) is 5. The van der Waals surface area contributed by atoms with Gasteiger partial charge in [-0.1, -0.05) is 42.5 Å². The standard InChI is InChI=1S/C32H25N3O4/c33-25-14-7-21(8-15-25)9-18-29(36)23-12-16-26(17-13-23)34-30(37)24-10-5-22(6-11-24)19-20-35-31(38)27-3-1-2-4-28(27)32(35)39/h1-18H,19-20,33H2,(H,34,37)/b18-9+. The third-order valence-electron chi connectivity index (χ3n) is 6.51. The Morgan fingerprint density at radius 1 is 0.744 bits per heavy atom. The predicted octanol–water partition coefficient (Wildman–Crippen LogP) is 5.26. The summed E-state index contributed by atoms with van der Waals surface area (Å²) in [6.45, 7) is 0.262. The fraction of sp³-hybridized carbons (Fsp3) is 0.0625. The van der Waals surface area contributed by atoms with Crippen LogP contribution in [0.1, 0.15) is 52.6 Å². The summed E-state index contributed by atoms with van der Waals surface area (Å²) in [7, 11) is 0. The molecule has 0 unspecified atom stereocenters. The zero-order valence-electron chi connectivity index (χ0n) is 21.0. The van der Waals surface area contributed by atoms with Gasteiger partial charge in [-0.25, -0.2) is 0 Å². The van der Waals surface area contributed by atoms with Gasteiger partial charge in [0.25, 0.3) is 17.7 Å². The zero-order chi connectivity index (χ0) is 27.4. The molecular weight excluding hydrogens is 490 g/mol. The lowest BCUT2D eigenvalue weighted by Gasteiger charge is -2.14. The monoisotopic (exact) mass is 515 g/mol. The van der Waals surface area contributed by atoms with E-state index in [-0.39, 0.29) is 30.0 Å². The number of allylic oxidation sites excluding steroid dienone is 1. The number of nitrogens with two attached hydrogens (primary N) is 1. The SMILES string of the molecule is Nc1ccc(/C=C/C(=O)c2ccc(NC(=O)c3ccc(CCN4C(=O)c5ccccc5C4=O)cc3)cc2)cc1. The number of carbonyl (C=O) groups excluding carboxylic acids is 4. The molecule has 7 nitrogen and oxygen atoms in total. The van der Waals surface area contributed by atoms with Gasteiger partial charge in [0.15, 0.2) is 5.78 Å². The fourth-order valence-corrected chi connectivity index (χ4v) is 4.30. The Balaban J connectivity index is 1.14. The number of imide groups is 1. The highest BCUT2D eigenvalue weighted by molar-refractivity contribution is 6.21. The maximum Gasteiger partial charge on any atom is 0.261 e. The van der Waals surface area contributed by atoms with E-state index < -0.39 is 0 Å². The number of nitrogens with one attached hydrogen (secondary N) is 1. The maximum absolute atomic E-state index is 12.7. The molecule has 3 amide bonds. The van der Waals surface area contributed by atoms with E-state index in [1.54, 1.807) is 78.9 Å². The molecule has 1 aliphatic rings. The first-order valence-electron chi connectivity index (χ1n) is 12.4. The van der Waals surface area contributed by atoms with Crippen LogP contribution in [0.3, 0.4) is 0 Å². The van der Waals surface area contributed by atoms with Crippen LogP contribution < -0.4 is 11.1 Å². The molecule has 7 heteroatoms. The average molecular weight is 516 g/mol. The van der Waals surface area contributed by atoms with Crippen LogP contribution in [-0.2, 0) is 6.42 Å². The molecule has 0 fully saturated rings. The highest BCUT2D eigenvalue weighted by Gasteiger charge is 2.34.